The topological polar surface area (TPSA) is 40.5 Å². The van der Waals surface area contributed by atoms with E-state index in [2.05, 4.69) is 82.3 Å². The van der Waals surface area contributed by atoms with E-state index in [1.165, 1.54) is 0 Å². The third-order valence-electron chi connectivity index (χ3n) is 11.7. The van der Waals surface area contributed by atoms with Gasteiger partial charge >= 0.3 is 7.12 Å². The normalized spacial score (nSPS) is 12.5. The van der Waals surface area contributed by atoms with Gasteiger partial charge in [0, 0.05) is 25.8 Å². The van der Waals surface area contributed by atoms with Crippen molar-refractivity contribution in [2.45, 2.75) is 156 Å². The summed E-state index contributed by atoms with van der Waals surface area (Å²) in [5.41, 5.74) is 5.66. The second-order valence-electron chi connectivity index (χ2n) is 14.9. The molecule has 270 valence electrons. The zero-order chi connectivity index (χ0) is 36.2. The van der Waals surface area contributed by atoms with Gasteiger partial charge < -0.3 is 10.0 Å². The summed E-state index contributed by atoms with van der Waals surface area (Å²) in [7, 11) is -1.35. The zero-order valence-corrected chi connectivity index (χ0v) is 33.7. The third-order valence-corrected chi connectivity index (χ3v) is 12.9. The molecule has 0 unspecified atom stereocenters. The van der Waals surface area contributed by atoms with Gasteiger partial charge in [-0.25, -0.2) is 0 Å². The highest BCUT2D eigenvalue weighted by Crippen LogP contribution is 2.62. The molecule has 0 aliphatic rings. The van der Waals surface area contributed by atoms with Crippen molar-refractivity contribution in [1.82, 2.24) is 0 Å². The van der Waals surface area contributed by atoms with Gasteiger partial charge in [0.2, 0.25) is 0 Å². The Bertz CT molecular complexity index is 1330. The molecule has 0 radical (unpaired) electrons. The molecule has 49 heavy (non-hydrogen) atoms. The van der Waals surface area contributed by atoms with Gasteiger partial charge in [-0.1, -0.05) is 157 Å². The van der Waals surface area contributed by atoms with E-state index in [0.717, 1.165) is 145 Å². The van der Waals surface area contributed by atoms with Crippen LogP contribution in [0.3, 0.4) is 0 Å². The number of hydrogen-bond acceptors (Lipinski definition) is 2. The Morgan fingerprint density at radius 3 is 1.12 bits per heavy atom. The van der Waals surface area contributed by atoms with Crippen LogP contribution >= 0.6 is 34.8 Å². The average Bonchev–Trinajstić information content (AvgIpc) is 3.08. The summed E-state index contributed by atoms with van der Waals surface area (Å²) in [6.45, 7) is 15.1. The number of unbranched alkanes of at least 4 members (excludes halogenated alkanes) is 4. The number of aryl methyl sites for hydroxylation is 3. The molecule has 2 nitrogen and oxygen atoms in total. The van der Waals surface area contributed by atoms with E-state index < -0.39 is 17.8 Å². The minimum atomic E-state index is -1.35. The molecule has 6 heteroatoms. The molecule has 0 saturated heterocycles. The lowest BCUT2D eigenvalue weighted by Crippen LogP contribution is -2.48. The predicted octanol–water partition coefficient (Wildman–Crippen LogP) is 14.0. The van der Waals surface area contributed by atoms with Crippen LogP contribution in [0.15, 0.2) is 54.6 Å². The van der Waals surface area contributed by atoms with Gasteiger partial charge in [0.1, 0.15) is 0 Å². The first-order chi connectivity index (χ1) is 23.4. The predicted molar refractivity (Wildman–Crippen MR) is 216 cm³/mol. The Morgan fingerprint density at radius 1 is 0.490 bits per heavy atom. The summed E-state index contributed by atoms with van der Waals surface area (Å²) >= 11 is 20.7. The number of hydrogen-bond donors (Lipinski definition) is 2. The van der Waals surface area contributed by atoms with Crippen LogP contribution in [-0.2, 0) is 5.41 Å². The van der Waals surface area contributed by atoms with E-state index in [1.807, 2.05) is 20.8 Å². The van der Waals surface area contributed by atoms with Gasteiger partial charge in [-0.15, -0.1) is 0 Å². The highest BCUT2D eigenvalue weighted by Gasteiger charge is 2.55. The maximum atomic E-state index is 11.5. The van der Waals surface area contributed by atoms with Gasteiger partial charge in [-0.2, -0.15) is 0 Å². The van der Waals surface area contributed by atoms with Crippen LogP contribution in [-0.4, -0.2) is 17.2 Å². The Labute approximate surface area is 314 Å². The molecule has 2 N–H and O–H groups in total. The van der Waals surface area contributed by atoms with Crippen molar-refractivity contribution in [1.29, 1.82) is 0 Å². The Balaban J connectivity index is 2.33. The molecule has 0 aliphatic heterocycles. The van der Waals surface area contributed by atoms with E-state index in [1.54, 1.807) is 0 Å². The molecule has 3 aromatic carbocycles. The Hall–Kier alpha value is -1.49. The van der Waals surface area contributed by atoms with Crippen LogP contribution in [0.1, 0.15) is 157 Å². The third kappa shape index (κ3) is 9.50. The SMILES string of the molecule is CCCCC(CCCC)(CCCC(c1ccc(C)c(Cl)c1)(c1ccc(C)c(Cl)c1)c1ccc(C)c(Cl)c1)C(CCCC)(CCCC)B(O)O. The molecule has 0 atom stereocenters. The Kier molecular flexibility index (Phi) is 16.6. The van der Waals surface area contributed by atoms with Crippen LogP contribution < -0.4 is 0 Å². The monoisotopic (exact) mass is 726 g/mol. The van der Waals surface area contributed by atoms with Crippen molar-refractivity contribution in [2.75, 3.05) is 0 Å². The number of halogens is 3. The van der Waals surface area contributed by atoms with E-state index in [9.17, 15) is 10.0 Å². The summed E-state index contributed by atoms with van der Waals surface area (Å²) < 4.78 is 0. The lowest BCUT2D eigenvalue weighted by atomic mass is 9.39. The zero-order valence-electron chi connectivity index (χ0n) is 31.4. The lowest BCUT2D eigenvalue weighted by Gasteiger charge is -2.53. The van der Waals surface area contributed by atoms with E-state index in [-0.39, 0.29) is 5.41 Å². The second-order valence-corrected chi connectivity index (χ2v) is 16.1. The van der Waals surface area contributed by atoms with Crippen LogP contribution in [0.2, 0.25) is 20.4 Å². The molecule has 3 aromatic rings. The van der Waals surface area contributed by atoms with Crippen molar-refractivity contribution in [2.24, 2.45) is 5.41 Å². The van der Waals surface area contributed by atoms with Gasteiger partial charge in [0.15, 0.2) is 0 Å². The quantitative estimate of drug-likeness (QED) is 0.0847. The van der Waals surface area contributed by atoms with Gasteiger partial charge in [0.05, 0.1) is 0 Å². The second kappa shape index (κ2) is 19.4. The smallest absolute Gasteiger partial charge is 0.427 e. The largest absolute Gasteiger partial charge is 0.458 e. The summed E-state index contributed by atoms with van der Waals surface area (Å²) in [5, 5.41) is 24.7. The van der Waals surface area contributed by atoms with Crippen molar-refractivity contribution < 1.29 is 10.0 Å². The first-order valence-corrected chi connectivity index (χ1v) is 20.2. The lowest BCUT2D eigenvalue weighted by molar-refractivity contribution is 0.0695. The van der Waals surface area contributed by atoms with E-state index >= 15 is 0 Å². The molecule has 0 aromatic heterocycles. The highest BCUT2D eigenvalue weighted by atomic mass is 35.5. The molecule has 0 fully saturated rings. The average molecular weight is 728 g/mol. The molecule has 0 heterocycles. The van der Waals surface area contributed by atoms with Crippen LogP contribution in [0.4, 0.5) is 0 Å². The standard InChI is InChI=1S/C43H62BCl3O2/c1-8-12-23-41(24-13-9-2,42(44(48)49,26-14-10-3)27-15-11-4)25-16-28-43(35-20-17-32(5)38(45)29-35,36-21-18-33(6)39(46)30-36)37-22-19-34(7)40(47)31-37/h17-22,29-31,48-49H,8-16,23-28H2,1-7H3. The Morgan fingerprint density at radius 2 is 0.816 bits per heavy atom. The first-order valence-electron chi connectivity index (χ1n) is 19.0. The van der Waals surface area contributed by atoms with Gasteiger partial charge in [0.25, 0.3) is 0 Å². The molecule has 3 rings (SSSR count). The summed E-state index contributed by atoms with van der Waals surface area (Å²) in [6, 6.07) is 19.4. The van der Waals surface area contributed by atoms with E-state index in [0.29, 0.717) is 0 Å². The van der Waals surface area contributed by atoms with Crippen LogP contribution in [0.25, 0.3) is 0 Å². The van der Waals surface area contributed by atoms with Crippen molar-refractivity contribution in [3.05, 3.63) is 103 Å². The molecule has 0 aliphatic carbocycles. The van der Waals surface area contributed by atoms with Crippen LogP contribution in [0, 0.1) is 26.2 Å². The summed E-state index contributed by atoms with van der Waals surface area (Å²) in [5.74, 6) is 0. The van der Waals surface area contributed by atoms with Gasteiger partial charge in [-0.3, -0.25) is 0 Å². The fourth-order valence-corrected chi connectivity index (χ4v) is 9.07. The minimum Gasteiger partial charge on any atom is -0.427 e. The molecule has 0 amide bonds. The van der Waals surface area contributed by atoms with Crippen LogP contribution in [0.5, 0.6) is 0 Å². The van der Waals surface area contributed by atoms with E-state index in [4.69, 9.17) is 34.8 Å². The fraction of sp³-hybridized carbons (Fsp3) is 0.581. The summed E-state index contributed by atoms with van der Waals surface area (Å²) in [4.78, 5) is 0. The van der Waals surface area contributed by atoms with Crippen molar-refractivity contribution >= 4 is 41.9 Å². The molecule has 0 saturated carbocycles. The van der Waals surface area contributed by atoms with Gasteiger partial charge in [-0.05, 0) is 116 Å². The molecular formula is C43H62BCl3O2. The fourth-order valence-electron chi connectivity index (χ4n) is 8.52. The maximum absolute atomic E-state index is 11.5. The molecule has 0 spiro atoms. The number of benzene rings is 3. The van der Waals surface area contributed by atoms with Crippen molar-refractivity contribution in [3.63, 3.8) is 0 Å². The molecule has 0 bridgehead atoms. The maximum Gasteiger partial charge on any atom is 0.458 e. The molecular weight excluding hydrogens is 666 g/mol. The van der Waals surface area contributed by atoms with Crippen molar-refractivity contribution in [3.8, 4) is 0 Å². The minimum absolute atomic E-state index is 0.204. The highest BCUT2D eigenvalue weighted by molar-refractivity contribution is 6.46. The number of rotatable bonds is 21. The summed E-state index contributed by atoms with van der Waals surface area (Å²) in [6.07, 6.45) is 14.7. The first kappa shape index (κ1) is 41.9.